The van der Waals surface area contributed by atoms with E-state index in [4.69, 9.17) is 5.73 Å². The van der Waals surface area contributed by atoms with E-state index in [1.54, 1.807) is 4.90 Å². The molecule has 0 aliphatic carbocycles. The molecule has 0 saturated heterocycles. The van der Waals surface area contributed by atoms with E-state index in [0.29, 0.717) is 25.3 Å². The van der Waals surface area contributed by atoms with Gasteiger partial charge in [0.15, 0.2) is 0 Å². The van der Waals surface area contributed by atoms with E-state index in [1.807, 2.05) is 20.8 Å². The summed E-state index contributed by atoms with van der Waals surface area (Å²) in [6.45, 7) is 7.84. The lowest BCUT2D eigenvalue weighted by Crippen LogP contribution is -2.30. The third kappa shape index (κ3) is 13.4. The van der Waals surface area contributed by atoms with Crippen LogP contribution in [0.25, 0.3) is 0 Å². The Kier molecular flexibility index (Phi) is 15.7. The third-order valence-corrected chi connectivity index (χ3v) is 3.06. The average molecular weight is 318 g/mol. The van der Waals surface area contributed by atoms with Crippen LogP contribution in [-0.4, -0.2) is 54.4 Å². The first-order valence-corrected chi connectivity index (χ1v) is 7.85. The fourth-order valence-electron chi connectivity index (χ4n) is 1.23. The molecule has 122 valence electrons. The van der Waals surface area contributed by atoms with Gasteiger partial charge in [0.2, 0.25) is 11.0 Å². The highest BCUT2D eigenvalue weighted by Crippen LogP contribution is 2.07. The summed E-state index contributed by atoms with van der Waals surface area (Å²) in [5.41, 5.74) is 4.85. The molecule has 0 fully saturated rings. The van der Waals surface area contributed by atoms with Crippen molar-refractivity contribution in [1.82, 2.24) is 4.90 Å². The Bertz CT molecular complexity index is 342. The largest absolute Gasteiger partial charge is 0.466 e. The van der Waals surface area contributed by atoms with Gasteiger partial charge in [-0.05, 0) is 26.5 Å². The summed E-state index contributed by atoms with van der Waals surface area (Å²) >= 11 is 1.01. The van der Waals surface area contributed by atoms with Gasteiger partial charge in [-0.1, -0.05) is 18.7 Å². The topological polar surface area (TPSA) is 89.7 Å². The molecule has 0 aliphatic heterocycles. The van der Waals surface area contributed by atoms with E-state index < -0.39 is 5.97 Å². The van der Waals surface area contributed by atoms with Crippen molar-refractivity contribution in [1.29, 1.82) is 0 Å². The number of hydrogen-bond acceptors (Lipinski definition) is 6. The standard InChI is InChI=1S/C12H19NO4S.C2H7N/c1-4-13(5-2)10(14)8-9-18-12(16)7-6-11(15)17-3;1-2-3/h6-7H,4-5,8-9H2,1-3H3;2-3H2,1H3/b7-6+;. The maximum absolute atomic E-state index is 11.6. The first-order chi connectivity index (χ1) is 9.96. The molecule has 0 saturated carbocycles. The number of rotatable bonds is 7. The number of esters is 1. The van der Waals surface area contributed by atoms with Crippen molar-refractivity contribution >= 4 is 28.8 Å². The fraction of sp³-hybridized carbons (Fsp3) is 0.643. The summed E-state index contributed by atoms with van der Waals surface area (Å²) < 4.78 is 4.36. The Morgan fingerprint density at radius 2 is 1.67 bits per heavy atom. The van der Waals surface area contributed by atoms with Gasteiger partial charge in [-0.2, -0.15) is 0 Å². The van der Waals surface area contributed by atoms with Gasteiger partial charge in [-0.15, -0.1) is 0 Å². The maximum atomic E-state index is 11.6. The van der Waals surface area contributed by atoms with E-state index in [2.05, 4.69) is 4.74 Å². The zero-order valence-electron chi connectivity index (χ0n) is 13.3. The van der Waals surface area contributed by atoms with E-state index in [9.17, 15) is 14.4 Å². The summed E-state index contributed by atoms with van der Waals surface area (Å²) in [6, 6.07) is 0. The van der Waals surface area contributed by atoms with Crippen LogP contribution < -0.4 is 5.73 Å². The molecule has 0 radical (unpaired) electrons. The van der Waals surface area contributed by atoms with Crippen molar-refractivity contribution in [2.75, 3.05) is 32.5 Å². The van der Waals surface area contributed by atoms with Crippen molar-refractivity contribution < 1.29 is 19.1 Å². The highest BCUT2D eigenvalue weighted by atomic mass is 32.2. The number of nitrogens with zero attached hydrogens (tertiary/aromatic N) is 1. The molecule has 0 bridgehead atoms. The molecule has 0 aromatic heterocycles. The lowest BCUT2D eigenvalue weighted by molar-refractivity contribution is -0.135. The molecule has 0 aliphatic rings. The predicted molar refractivity (Wildman–Crippen MR) is 85.9 cm³/mol. The van der Waals surface area contributed by atoms with E-state index in [0.717, 1.165) is 30.5 Å². The minimum Gasteiger partial charge on any atom is -0.466 e. The number of hydrogen-bond donors (Lipinski definition) is 1. The molecule has 0 heterocycles. The molecule has 0 unspecified atom stereocenters. The van der Waals surface area contributed by atoms with Crippen molar-refractivity contribution in [3.63, 3.8) is 0 Å². The molecule has 6 nitrogen and oxygen atoms in total. The van der Waals surface area contributed by atoms with Crippen molar-refractivity contribution in [3.05, 3.63) is 12.2 Å². The van der Waals surface area contributed by atoms with Gasteiger partial charge in [0.05, 0.1) is 7.11 Å². The second-order valence-electron chi connectivity index (χ2n) is 3.75. The quantitative estimate of drug-likeness (QED) is 0.560. The first kappa shape index (κ1) is 21.9. The highest BCUT2D eigenvalue weighted by Gasteiger charge is 2.09. The Morgan fingerprint density at radius 3 is 2.10 bits per heavy atom. The van der Waals surface area contributed by atoms with Crippen LogP contribution in [0.5, 0.6) is 0 Å². The Labute approximate surface area is 131 Å². The smallest absolute Gasteiger partial charge is 0.330 e. The van der Waals surface area contributed by atoms with E-state index in [-0.39, 0.29) is 11.0 Å². The number of methoxy groups -OCH3 is 1. The third-order valence-electron chi connectivity index (χ3n) is 2.23. The van der Waals surface area contributed by atoms with Gasteiger partial charge in [0.25, 0.3) is 0 Å². The molecule has 0 rings (SSSR count). The van der Waals surface area contributed by atoms with Gasteiger partial charge >= 0.3 is 5.97 Å². The van der Waals surface area contributed by atoms with Gasteiger partial charge < -0.3 is 15.4 Å². The molecule has 2 N–H and O–H groups in total. The summed E-state index contributed by atoms with van der Waals surface area (Å²) in [7, 11) is 1.24. The predicted octanol–water partition coefficient (Wildman–Crippen LogP) is 1.20. The van der Waals surface area contributed by atoms with Gasteiger partial charge in [-0.3, -0.25) is 9.59 Å². The van der Waals surface area contributed by atoms with Crippen LogP contribution in [0.15, 0.2) is 12.2 Å². The minimum absolute atomic E-state index is 0.0391. The summed E-state index contributed by atoms with van der Waals surface area (Å²) in [6.07, 6.45) is 2.55. The van der Waals surface area contributed by atoms with Crippen molar-refractivity contribution in [3.8, 4) is 0 Å². The second-order valence-corrected chi connectivity index (χ2v) is 4.85. The zero-order chi connectivity index (χ0) is 16.7. The number of ether oxygens (including phenoxy) is 1. The Hall–Kier alpha value is -1.34. The van der Waals surface area contributed by atoms with Gasteiger partial charge in [-0.25, -0.2) is 4.79 Å². The van der Waals surface area contributed by atoms with Crippen molar-refractivity contribution in [2.24, 2.45) is 5.73 Å². The molecule has 21 heavy (non-hydrogen) atoms. The minimum atomic E-state index is -0.567. The summed E-state index contributed by atoms with van der Waals surface area (Å²) in [4.78, 5) is 35.4. The van der Waals surface area contributed by atoms with Gasteiger partial charge in [0.1, 0.15) is 0 Å². The summed E-state index contributed by atoms with van der Waals surface area (Å²) in [5, 5.41) is -0.257. The van der Waals surface area contributed by atoms with Crippen LogP contribution in [0.4, 0.5) is 0 Å². The molecule has 7 heteroatoms. The highest BCUT2D eigenvalue weighted by molar-refractivity contribution is 8.14. The SMILES string of the molecule is CCN.CCN(CC)C(=O)CCSC(=O)/C=C/C(=O)OC. The number of carbonyl (C=O) groups is 3. The number of amides is 1. The lowest BCUT2D eigenvalue weighted by Gasteiger charge is -2.17. The number of carbonyl (C=O) groups excluding carboxylic acids is 3. The first-order valence-electron chi connectivity index (χ1n) is 6.87. The Balaban J connectivity index is 0. The fourth-order valence-corrected chi connectivity index (χ4v) is 1.87. The molecule has 1 amide bonds. The van der Waals surface area contributed by atoms with Crippen LogP contribution in [0.2, 0.25) is 0 Å². The molecule has 0 aromatic carbocycles. The van der Waals surface area contributed by atoms with Crippen LogP contribution in [0.3, 0.4) is 0 Å². The molecular weight excluding hydrogens is 292 g/mol. The van der Waals surface area contributed by atoms with E-state index in [1.165, 1.54) is 7.11 Å². The van der Waals surface area contributed by atoms with Crippen LogP contribution in [0.1, 0.15) is 27.2 Å². The number of nitrogens with two attached hydrogens (primary N) is 1. The molecule has 0 atom stereocenters. The molecule has 0 aromatic rings. The monoisotopic (exact) mass is 318 g/mol. The molecule has 0 spiro atoms. The number of thioether (sulfide) groups is 1. The van der Waals surface area contributed by atoms with Crippen molar-refractivity contribution in [2.45, 2.75) is 27.2 Å². The van der Waals surface area contributed by atoms with Crippen LogP contribution in [-0.2, 0) is 19.1 Å². The van der Waals surface area contributed by atoms with Crippen LogP contribution >= 0.6 is 11.8 Å². The van der Waals surface area contributed by atoms with E-state index >= 15 is 0 Å². The lowest BCUT2D eigenvalue weighted by atomic mass is 10.4. The van der Waals surface area contributed by atoms with Gasteiger partial charge in [0, 0.05) is 31.3 Å². The summed E-state index contributed by atoms with van der Waals surface area (Å²) in [5.74, 6) is -0.111. The second kappa shape index (κ2) is 15.1. The normalized spacial score (nSPS) is 9.76. The molecular formula is C14H26N2O4S. The zero-order valence-corrected chi connectivity index (χ0v) is 14.1. The Morgan fingerprint density at radius 1 is 1.14 bits per heavy atom. The maximum Gasteiger partial charge on any atom is 0.330 e. The average Bonchev–Trinajstić information content (AvgIpc) is 2.46. The van der Waals surface area contributed by atoms with Crippen LogP contribution in [0, 0.1) is 0 Å².